The van der Waals surface area contributed by atoms with Crippen LogP contribution in [-0.4, -0.2) is 64.0 Å². The van der Waals surface area contributed by atoms with Crippen LogP contribution in [0.2, 0.25) is 0 Å². The van der Waals surface area contributed by atoms with Gasteiger partial charge in [-0.15, -0.1) is 0 Å². The summed E-state index contributed by atoms with van der Waals surface area (Å²) >= 11 is 0. The van der Waals surface area contributed by atoms with Crippen LogP contribution in [0.15, 0.2) is 36.5 Å². The number of nitrogens with zero attached hydrogens (tertiary/aromatic N) is 3. The van der Waals surface area contributed by atoms with Gasteiger partial charge < -0.3 is 15.2 Å². The highest BCUT2D eigenvalue weighted by Gasteiger charge is 2.46. The number of alkyl halides is 3. The molecule has 2 N–H and O–H groups in total. The molecule has 1 aromatic carbocycles. The van der Waals surface area contributed by atoms with Crippen molar-refractivity contribution in [3.05, 3.63) is 47.8 Å². The average Bonchev–Trinajstić information content (AvgIpc) is 3.11. The van der Waals surface area contributed by atoms with Crippen molar-refractivity contribution in [3.63, 3.8) is 0 Å². The van der Waals surface area contributed by atoms with E-state index in [2.05, 4.69) is 15.4 Å². The molecule has 4 rings (SSSR count). The summed E-state index contributed by atoms with van der Waals surface area (Å²) < 4.78 is 70.0. The first kappa shape index (κ1) is 24.9. The second kappa shape index (κ2) is 8.48. The number of rotatable bonds is 7. The van der Waals surface area contributed by atoms with Gasteiger partial charge >= 0.3 is 0 Å². The van der Waals surface area contributed by atoms with Crippen molar-refractivity contribution in [1.82, 2.24) is 20.1 Å². The number of benzene rings is 1. The quantitative estimate of drug-likeness (QED) is 0.499. The molecule has 35 heavy (non-hydrogen) atoms. The Morgan fingerprint density at radius 2 is 1.97 bits per heavy atom. The van der Waals surface area contributed by atoms with E-state index in [4.69, 9.17) is 4.74 Å². The SMILES string of the molecule is CC(F)Oc1cccc(-n2nc(C(C)(O)C(F)F)c3cc(C(=O)NC4(C)CS(=O)(=O)C4)cnc32)c1. The lowest BCUT2D eigenvalue weighted by atomic mass is 9.99. The fourth-order valence-corrected chi connectivity index (χ4v) is 6.01. The predicted molar refractivity (Wildman–Crippen MR) is 120 cm³/mol. The van der Waals surface area contributed by atoms with Crippen molar-refractivity contribution in [2.75, 3.05) is 11.5 Å². The Morgan fingerprint density at radius 3 is 2.57 bits per heavy atom. The summed E-state index contributed by atoms with van der Waals surface area (Å²) in [5, 5.41) is 17.3. The monoisotopic (exact) mass is 512 g/mol. The molecule has 1 saturated heterocycles. The Labute approximate surface area is 198 Å². The Morgan fingerprint density at radius 1 is 1.29 bits per heavy atom. The van der Waals surface area contributed by atoms with Gasteiger partial charge in [-0.05, 0) is 32.0 Å². The molecule has 0 aliphatic carbocycles. The number of ether oxygens (including phenoxy) is 1. The third-order valence-corrected chi connectivity index (χ3v) is 7.70. The van der Waals surface area contributed by atoms with Crippen LogP contribution in [0.4, 0.5) is 13.2 Å². The summed E-state index contributed by atoms with van der Waals surface area (Å²) in [6, 6.07) is 7.28. The van der Waals surface area contributed by atoms with Crippen LogP contribution >= 0.6 is 0 Å². The van der Waals surface area contributed by atoms with Crippen LogP contribution in [0, 0.1) is 0 Å². The van der Waals surface area contributed by atoms with Crippen molar-refractivity contribution < 1.29 is 36.2 Å². The Balaban J connectivity index is 1.80. The molecule has 0 spiro atoms. The number of hydrogen-bond acceptors (Lipinski definition) is 7. The highest BCUT2D eigenvalue weighted by molar-refractivity contribution is 7.93. The van der Waals surface area contributed by atoms with Crippen LogP contribution in [0.25, 0.3) is 16.7 Å². The zero-order valence-corrected chi connectivity index (χ0v) is 19.8. The Hall–Kier alpha value is -3.19. The molecule has 13 heteroatoms. The zero-order valence-electron chi connectivity index (χ0n) is 19.0. The maximum absolute atomic E-state index is 13.7. The highest BCUT2D eigenvalue weighted by Crippen LogP contribution is 2.34. The van der Waals surface area contributed by atoms with Crippen molar-refractivity contribution in [2.24, 2.45) is 0 Å². The van der Waals surface area contributed by atoms with Gasteiger partial charge in [0.1, 0.15) is 11.4 Å². The Kier molecular flexibility index (Phi) is 6.04. The van der Waals surface area contributed by atoms with Gasteiger partial charge in [0.15, 0.2) is 21.1 Å². The number of halogens is 3. The number of amides is 1. The number of sulfone groups is 1. The van der Waals surface area contributed by atoms with E-state index in [1.807, 2.05) is 0 Å². The summed E-state index contributed by atoms with van der Waals surface area (Å²) in [7, 11) is -3.22. The Bertz CT molecular complexity index is 1390. The number of nitrogens with one attached hydrogen (secondary N) is 1. The lowest BCUT2D eigenvalue weighted by molar-refractivity contribution is -0.0903. The third-order valence-electron chi connectivity index (χ3n) is 5.54. The van der Waals surface area contributed by atoms with Crippen molar-refractivity contribution >= 4 is 26.8 Å². The third kappa shape index (κ3) is 4.82. The summed E-state index contributed by atoms with van der Waals surface area (Å²) in [5.74, 6) is -0.941. The number of aromatic nitrogens is 3. The van der Waals surface area contributed by atoms with Gasteiger partial charge in [-0.1, -0.05) is 6.07 Å². The standard InChI is InChI=1S/C22H23F3N4O5S/c1-12(23)34-15-6-4-5-14(8-15)29-18-16(17(28-29)22(3,31)20(24)25)7-13(9-26-18)19(30)27-21(2)10-35(32,33)11-21/h4-9,12,20,31H,10-11H2,1-3H3,(H,27,30). The van der Waals surface area contributed by atoms with Gasteiger partial charge in [-0.25, -0.2) is 31.3 Å². The minimum Gasteiger partial charge on any atom is -0.461 e. The molecule has 188 valence electrons. The van der Waals surface area contributed by atoms with E-state index in [-0.39, 0.29) is 33.9 Å². The largest absolute Gasteiger partial charge is 0.461 e. The molecule has 9 nitrogen and oxygen atoms in total. The van der Waals surface area contributed by atoms with E-state index >= 15 is 0 Å². The number of aliphatic hydroxyl groups is 1. The first-order valence-electron chi connectivity index (χ1n) is 10.5. The number of fused-ring (bicyclic) bond motifs is 1. The summed E-state index contributed by atoms with van der Waals surface area (Å²) in [6.07, 6.45) is -3.62. The first-order chi connectivity index (χ1) is 16.2. The minimum absolute atomic E-state index is 0.0143. The minimum atomic E-state index is -3.22. The van der Waals surface area contributed by atoms with E-state index in [1.54, 1.807) is 19.1 Å². The highest BCUT2D eigenvalue weighted by atomic mass is 32.2. The molecule has 2 unspecified atom stereocenters. The number of carbonyl (C=O) groups is 1. The maximum atomic E-state index is 13.7. The molecule has 0 radical (unpaired) electrons. The number of pyridine rings is 1. The normalized spacial score (nSPS) is 19.1. The molecule has 1 fully saturated rings. The zero-order chi connectivity index (χ0) is 25.8. The van der Waals surface area contributed by atoms with Crippen molar-refractivity contribution in [3.8, 4) is 11.4 Å². The van der Waals surface area contributed by atoms with E-state index in [0.29, 0.717) is 5.69 Å². The summed E-state index contributed by atoms with van der Waals surface area (Å²) in [5.41, 5.74) is -3.75. The average molecular weight is 513 g/mol. The van der Waals surface area contributed by atoms with Crippen LogP contribution in [0.5, 0.6) is 5.75 Å². The van der Waals surface area contributed by atoms with Gasteiger partial charge in [0.2, 0.25) is 6.36 Å². The van der Waals surface area contributed by atoms with Crippen LogP contribution in [0.1, 0.15) is 36.8 Å². The van der Waals surface area contributed by atoms with E-state index in [0.717, 1.165) is 6.92 Å². The molecule has 0 saturated carbocycles. The smallest absolute Gasteiger partial charge is 0.272 e. The maximum Gasteiger partial charge on any atom is 0.272 e. The van der Waals surface area contributed by atoms with Gasteiger partial charge in [0, 0.05) is 24.6 Å². The topological polar surface area (TPSA) is 123 Å². The lowest BCUT2D eigenvalue weighted by Crippen LogP contribution is -2.63. The number of hydrogen-bond donors (Lipinski definition) is 2. The molecule has 3 aromatic rings. The molecule has 1 amide bonds. The number of carbonyl (C=O) groups excluding carboxylic acids is 1. The molecule has 1 aliphatic heterocycles. The molecular weight excluding hydrogens is 489 g/mol. The van der Waals surface area contributed by atoms with E-state index < -0.39 is 45.4 Å². The van der Waals surface area contributed by atoms with Crippen LogP contribution < -0.4 is 10.1 Å². The van der Waals surface area contributed by atoms with Gasteiger partial charge in [0.25, 0.3) is 12.3 Å². The van der Waals surface area contributed by atoms with Gasteiger partial charge in [0.05, 0.1) is 28.3 Å². The van der Waals surface area contributed by atoms with Gasteiger partial charge in [-0.2, -0.15) is 5.10 Å². The summed E-state index contributed by atoms with van der Waals surface area (Å²) in [6.45, 7) is 3.67. The molecule has 1 aliphatic rings. The molecular formula is C22H23F3N4O5S. The molecule has 2 aromatic heterocycles. The van der Waals surface area contributed by atoms with Crippen molar-refractivity contribution in [1.29, 1.82) is 0 Å². The van der Waals surface area contributed by atoms with Gasteiger partial charge in [-0.3, -0.25) is 4.79 Å². The molecule has 0 bridgehead atoms. The van der Waals surface area contributed by atoms with Crippen LogP contribution in [0.3, 0.4) is 0 Å². The first-order valence-corrected chi connectivity index (χ1v) is 12.4. The molecule has 3 heterocycles. The fraction of sp³-hybridized carbons (Fsp3) is 0.409. The molecule has 2 atom stereocenters. The lowest BCUT2D eigenvalue weighted by Gasteiger charge is -2.38. The second-order valence-electron chi connectivity index (χ2n) is 9.01. The van der Waals surface area contributed by atoms with Crippen molar-refractivity contribution in [2.45, 2.75) is 44.7 Å². The fourth-order valence-electron chi connectivity index (χ4n) is 4.01. The van der Waals surface area contributed by atoms with E-state index in [9.17, 15) is 31.5 Å². The summed E-state index contributed by atoms with van der Waals surface area (Å²) in [4.78, 5) is 17.0. The second-order valence-corrected chi connectivity index (χ2v) is 11.1. The van der Waals surface area contributed by atoms with Crippen LogP contribution in [-0.2, 0) is 15.4 Å². The van der Waals surface area contributed by atoms with E-state index in [1.165, 1.54) is 36.0 Å². The predicted octanol–water partition coefficient (Wildman–Crippen LogP) is 2.50.